The van der Waals surface area contributed by atoms with E-state index in [1.165, 1.54) is 39.3 Å². The van der Waals surface area contributed by atoms with Crippen molar-refractivity contribution < 1.29 is 33.4 Å². The molecule has 2 N–H and O–H groups in total. The van der Waals surface area contributed by atoms with Gasteiger partial charge in [-0.15, -0.1) is 0 Å². The topological polar surface area (TPSA) is 120 Å². The maximum Gasteiger partial charge on any atom is 0.338 e. The molecule has 0 aliphatic heterocycles. The molecule has 0 radical (unpaired) electrons. The summed E-state index contributed by atoms with van der Waals surface area (Å²) >= 11 is 0. The molecule has 0 aliphatic rings. The molecule has 0 unspecified atom stereocenters. The molecule has 0 saturated carbocycles. The van der Waals surface area contributed by atoms with Crippen LogP contribution in [0.3, 0.4) is 0 Å². The van der Waals surface area contributed by atoms with Gasteiger partial charge in [0, 0.05) is 6.54 Å². The summed E-state index contributed by atoms with van der Waals surface area (Å²) in [6.07, 6.45) is 0. The zero-order valence-electron chi connectivity index (χ0n) is 15.1. The summed E-state index contributed by atoms with van der Waals surface area (Å²) in [5.41, 5.74) is 0.142. The van der Waals surface area contributed by atoms with Crippen LogP contribution in [-0.4, -0.2) is 57.2 Å². The predicted molar refractivity (Wildman–Crippen MR) is 90.9 cm³/mol. The van der Waals surface area contributed by atoms with E-state index in [0.29, 0.717) is 6.54 Å². The van der Waals surface area contributed by atoms with Crippen molar-refractivity contribution in [1.82, 2.24) is 10.6 Å². The molecule has 9 nitrogen and oxygen atoms in total. The third kappa shape index (κ3) is 6.08. The molecular weight excluding hydrogens is 344 g/mol. The second-order valence-electron chi connectivity index (χ2n) is 5.20. The van der Waals surface area contributed by atoms with E-state index in [1.54, 1.807) is 6.92 Å². The molecule has 2 amide bonds. The Kier molecular flexibility index (Phi) is 8.07. The summed E-state index contributed by atoms with van der Waals surface area (Å²) in [5, 5.41) is 5.05. The average molecular weight is 366 g/mol. The third-order valence-corrected chi connectivity index (χ3v) is 3.24. The third-order valence-electron chi connectivity index (χ3n) is 3.24. The van der Waals surface area contributed by atoms with Gasteiger partial charge in [0.15, 0.2) is 6.61 Å². The number of carbonyl (C=O) groups is 4. The second kappa shape index (κ2) is 10.0. The van der Waals surface area contributed by atoms with Crippen LogP contribution in [0.15, 0.2) is 18.2 Å². The van der Waals surface area contributed by atoms with Gasteiger partial charge in [0.05, 0.1) is 25.3 Å². The Morgan fingerprint density at radius 3 is 2.00 bits per heavy atom. The van der Waals surface area contributed by atoms with Gasteiger partial charge in [0.25, 0.3) is 5.91 Å². The number of rotatable bonds is 8. The highest BCUT2D eigenvalue weighted by Gasteiger charge is 2.17. The van der Waals surface area contributed by atoms with Crippen molar-refractivity contribution in [2.45, 2.75) is 19.9 Å². The maximum atomic E-state index is 11.9. The fourth-order valence-electron chi connectivity index (χ4n) is 1.98. The number of nitrogens with one attached hydrogen (secondary N) is 2. The highest BCUT2D eigenvalue weighted by molar-refractivity contribution is 5.96. The van der Waals surface area contributed by atoms with Crippen molar-refractivity contribution in [1.29, 1.82) is 0 Å². The van der Waals surface area contributed by atoms with Gasteiger partial charge in [0.2, 0.25) is 5.91 Å². The van der Waals surface area contributed by atoms with E-state index in [1.807, 2.05) is 0 Å². The minimum absolute atomic E-state index is 0.0708. The van der Waals surface area contributed by atoms with E-state index in [9.17, 15) is 19.2 Å². The zero-order valence-corrected chi connectivity index (χ0v) is 15.1. The van der Waals surface area contributed by atoms with E-state index >= 15 is 0 Å². The Morgan fingerprint density at radius 1 is 1.00 bits per heavy atom. The minimum Gasteiger partial charge on any atom is -0.484 e. The Labute approximate surface area is 151 Å². The summed E-state index contributed by atoms with van der Waals surface area (Å²) in [6.45, 7) is 3.35. The van der Waals surface area contributed by atoms with Gasteiger partial charge in [-0.2, -0.15) is 0 Å². The number of amides is 2. The van der Waals surface area contributed by atoms with Gasteiger partial charge >= 0.3 is 11.9 Å². The summed E-state index contributed by atoms with van der Waals surface area (Å²) in [6, 6.07) is 3.23. The maximum absolute atomic E-state index is 11.9. The molecule has 1 aromatic carbocycles. The summed E-state index contributed by atoms with van der Waals surface area (Å²) < 4.78 is 14.6. The lowest BCUT2D eigenvalue weighted by molar-refractivity contribution is -0.129. The van der Waals surface area contributed by atoms with Crippen LogP contribution in [0.5, 0.6) is 5.75 Å². The van der Waals surface area contributed by atoms with E-state index in [2.05, 4.69) is 20.1 Å². The summed E-state index contributed by atoms with van der Waals surface area (Å²) in [4.78, 5) is 46.9. The molecule has 0 heterocycles. The van der Waals surface area contributed by atoms with E-state index < -0.39 is 30.5 Å². The number of likely N-dealkylation sites (N-methyl/N-ethyl adjacent to an activating group) is 1. The molecule has 0 spiro atoms. The number of ether oxygens (including phenoxy) is 3. The summed E-state index contributed by atoms with van der Waals surface area (Å²) in [5.74, 6) is -2.09. The molecule has 0 bridgehead atoms. The predicted octanol–water partition coefficient (Wildman–Crippen LogP) is 0.279. The van der Waals surface area contributed by atoms with Crippen LogP contribution >= 0.6 is 0 Å². The normalized spacial score (nSPS) is 11.1. The average Bonchev–Trinajstić information content (AvgIpc) is 2.64. The number of hydrogen-bond donors (Lipinski definition) is 2. The molecule has 0 fully saturated rings. The Bertz CT molecular complexity index is 653. The molecule has 0 saturated heterocycles. The first kappa shape index (κ1) is 20.9. The number of esters is 2. The Hall–Kier alpha value is -3.10. The fourth-order valence-corrected chi connectivity index (χ4v) is 1.98. The van der Waals surface area contributed by atoms with Gasteiger partial charge in [-0.25, -0.2) is 9.59 Å². The molecule has 1 atom stereocenters. The molecule has 1 aromatic rings. The Morgan fingerprint density at radius 2 is 1.54 bits per heavy atom. The lowest BCUT2D eigenvalue weighted by atomic mass is 10.1. The van der Waals surface area contributed by atoms with Crippen LogP contribution in [0, 0.1) is 0 Å². The van der Waals surface area contributed by atoms with Crippen LogP contribution in [0.25, 0.3) is 0 Å². The largest absolute Gasteiger partial charge is 0.484 e. The molecule has 142 valence electrons. The van der Waals surface area contributed by atoms with Crippen molar-refractivity contribution in [3.05, 3.63) is 29.3 Å². The smallest absolute Gasteiger partial charge is 0.338 e. The number of hydrogen-bond acceptors (Lipinski definition) is 7. The van der Waals surface area contributed by atoms with E-state index in [-0.39, 0.29) is 22.8 Å². The Balaban J connectivity index is 2.82. The van der Waals surface area contributed by atoms with Crippen LogP contribution in [-0.2, 0) is 19.1 Å². The van der Waals surface area contributed by atoms with Crippen LogP contribution in [0.2, 0.25) is 0 Å². The number of carbonyl (C=O) groups excluding carboxylic acids is 4. The van der Waals surface area contributed by atoms with Crippen molar-refractivity contribution in [3.8, 4) is 5.75 Å². The van der Waals surface area contributed by atoms with Crippen molar-refractivity contribution in [2.75, 3.05) is 27.4 Å². The molecule has 0 aromatic heterocycles. The van der Waals surface area contributed by atoms with Gasteiger partial charge < -0.3 is 24.8 Å². The van der Waals surface area contributed by atoms with Crippen molar-refractivity contribution in [2.24, 2.45) is 0 Å². The van der Waals surface area contributed by atoms with Gasteiger partial charge in [0.1, 0.15) is 11.8 Å². The standard InChI is InChI=1S/C17H22N2O7/c1-5-18-15(21)10(2)19-14(20)9-26-13-7-11(16(22)24-3)6-12(8-13)17(23)25-4/h6-8,10H,5,9H2,1-4H3,(H,18,21)(H,19,20)/t10-/m1/s1. The second-order valence-corrected chi connectivity index (χ2v) is 5.20. The van der Waals surface area contributed by atoms with E-state index in [4.69, 9.17) is 4.74 Å². The monoisotopic (exact) mass is 366 g/mol. The lowest BCUT2D eigenvalue weighted by Gasteiger charge is -2.14. The van der Waals surface area contributed by atoms with E-state index in [0.717, 1.165) is 0 Å². The first-order valence-corrected chi connectivity index (χ1v) is 7.84. The molecule has 9 heteroatoms. The zero-order chi connectivity index (χ0) is 19.7. The van der Waals surface area contributed by atoms with Crippen molar-refractivity contribution in [3.63, 3.8) is 0 Å². The minimum atomic E-state index is -0.724. The highest BCUT2D eigenvalue weighted by Crippen LogP contribution is 2.19. The first-order valence-electron chi connectivity index (χ1n) is 7.84. The van der Waals surface area contributed by atoms with Gasteiger partial charge in [-0.3, -0.25) is 9.59 Å². The van der Waals surface area contributed by atoms with Crippen LogP contribution in [0.1, 0.15) is 34.6 Å². The first-order chi connectivity index (χ1) is 12.3. The number of benzene rings is 1. The lowest BCUT2D eigenvalue weighted by Crippen LogP contribution is -2.46. The fraction of sp³-hybridized carbons (Fsp3) is 0.412. The molecular formula is C17H22N2O7. The summed E-state index contributed by atoms with van der Waals surface area (Å²) in [7, 11) is 2.40. The van der Waals surface area contributed by atoms with Crippen LogP contribution in [0.4, 0.5) is 0 Å². The van der Waals surface area contributed by atoms with Crippen molar-refractivity contribution >= 4 is 23.8 Å². The highest BCUT2D eigenvalue weighted by atomic mass is 16.5. The molecule has 26 heavy (non-hydrogen) atoms. The number of methoxy groups -OCH3 is 2. The van der Waals surface area contributed by atoms with Gasteiger partial charge in [-0.1, -0.05) is 0 Å². The molecule has 1 rings (SSSR count). The van der Waals surface area contributed by atoms with Gasteiger partial charge in [-0.05, 0) is 32.0 Å². The SMILES string of the molecule is CCNC(=O)[C@@H](C)NC(=O)COc1cc(C(=O)OC)cc(C(=O)OC)c1. The quantitative estimate of drug-likeness (QED) is 0.634. The van der Waals surface area contributed by atoms with Crippen LogP contribution < -0.4 is 15.4 Å². The molecule has 0 aliphatic carbocycles.